The van der Waals surface area contributed by atoms with Crippen molar-refractivity contribution in [2.75, 3.05) is 36.0 Å². The Morgan fingerprint density at radius 1 is 0.950 bits per heavy atom. The second kappa shape index (κ2) is 5.76. The number of anilines is 2. The van der Waals surface area contributed by atoms with Gasteiger partial charge in [0.05, 0.1) is 0 Å². The molecule has 2 aromatic heterocycles. The molecular formula is C12H12Cl2N6. The maximum absolute atomic E-state index is 6.02. The third-order valence-corrected chi connectivity index (χ3v) is 3.56. The molecule has 0 saturated carbocycles. The lowest BCUT2D eigenvalue weighted by atomic mass is 10.3. The third-order valence-electron chi connectivity index (χ3n) is 3.16. The summed E-state index contributed by atoms with van der Waals surface area (Å²) in [5, 5.41) is 7.79. The highest BCUT2D eigenvalue weighted by atomic mass is 35.5. The highest BCUT2D eigenvalue weighted by Crippen LogP contribution is 2.23. The quantitative estimate of drug-likeness (QED) is 0.844. The van der Waals surface area contributed by atoms with Crippen LogP contribution in [0.1, 0.15) is 0 Å². The van der Waals surface area contributed by atoms with E-state index < -0.39 is 0 Å². The van der Waals surface area contributed by atoms with Gasteiger partial charge >= 0.3 is 0 Å². The van der Waals surface area contributed by atoms with Gasteiger partial charge in [-0.05, 0) is 23.7 Å². The summed E-state index contributed by atoms with van der Waals surface area (Å²) in [6.45, 7) is 3.25. The minimum Gasteiger partial charge on any atom is -0.353 e. The van der Waals surface area contributed by atoms with Crippen molar-refractivity contribution in [3.05, 3.63) is 34.8 Å². The van der Waals surface area contributed by atoms with E-state index in [1.165, 1.54) is 0 Å². The Balaban J connectivity index is 1.71. The zero-order valence-electron chi connectivity index (χ0n) is 10.6. The van der Waals surface area contributed by atoms with Crippen molar-refractivity contribution in [1.29, 1.82) is 0 Å². The van der Waals surface area contributed by atoms with Gasteiger partial charge in [-0.15, -0.1) is 10.2 Å². The van der Waals surface area contributed by atoms with Crippen LogP contribution in [0.25, 0.3) is 0 Å². The van der Waals surface area contributed by atoms with Crippen molar-refractivity contribution in [3.63, 3.8) is 0 Å². The van der Waals surface area contributed by atoms with Crippen LogP contribution in [0.15, 0.2) is 24.4 Å². The molecule has 0 unspecified atom stereocenters. The predicted octanol–water partition coefficient (Wildman–Crippen LogP) is 1.90. The molecule has 20 heavy (non-hydrogen) atoms. The Labute approximate surface area is 126 Å². The molecule has 0 bridgehead atoms. The number of hydrogen-bond acceptors (Lipinski definition) is 6. The van der Waals surface area contributed by atoms with Crippen molar-refractivity contribution >= 4 is 34.8 Å². The van der Waals surface area contributed by atoms with Crippen LogP contribution in [0, 0.1) is 0 Å². The van der Waals surface area contributed by atoms with Crippen LogP contribution < -0.4 is 9.80 Å². The highest BCUT2D eigenvalue weighted by molar-refractivity contribution is 6.32. The second-order valence-corrected chi connectivity index (χ2v) is 5.05. The van der Waals surface area contributed by atoms with Crippen LogP contribution in [0.5, 0.6) is 0 Å². The second-order valence-electron chi connectivity index (χ2n) is 4.36. The molecule has 8 heteroatoms. The van der Waals surface area contributed by atoms with Crippen molar-refractivity contribution < 1.29 is 0 Å². The zero-order chi connectivity index (χ0) is 13.9. The van der Waals surface area contributed by atoms with Gasteiger partial charge < -0.3 is 9.80 Å². The smallest absolute Gasteiger partial charge is 0.245 e. The standard InChI is InChI=1S/C12H12Cl2N6/c13-10-11(16-12(14)18-17-10)20-7-5-19(6-8-20)9-3-1-2-4-15-9/h1-4H,5-8H2. The highest BCUT2D eigenvalue weighted by Gasteiger charge is 2.21. The van der Waals surface area contributed by atoms with Crippen molar-refractivity contribution in [2.45, 2.75) is 0 Å². The normalized spacial score (nSPS) is 15.5. The Morgan fingerprint density at radius 3 is 2.40 bits per heavy atom. The molecule has 3 heterocycles. The first-order chi connectivity index (χ1) is 9.74. The lowest BCUT2D eigenvalue weighted by Gasteiger charge is -2.35. The zero-order valence-corrected chi connectivity index (χ0v) is 12.1. The number of hydrogen-bond donors (Lipinski definition) is 0. The van der Waals surface area contributed by atoms with Crippen molar-refractivity contribution in [1.82, 2.24) is 20.2 Å². The summed E-state index contributed by atoms with van der Waals surface area (Å²) < 4.78 is 0. The largest absolute Gasteiger partial charge is 0.353 e. The van der Waals surface area contributed by atoms with E-state index in [0.29, 0.717) is 5.82 Å². The van der Waals surface area contributed by atoms with Gasteiger partial charge in [0.2, 0.25) is 5.28 Å². The summed E-state index contributed by atoms with van der Waals surface area (Å²) in [4.78, 5) is 12.8. The first-order valence-corrected chi connectivity index (χ1v) is 6.96. The van der Waals surface area contributed by atoms with E-state index in [0.717, 1.165) is 32.0 Å². The van der Waals surface area contributed by atoms with E-state index in [-0.39, 0.29) is 10.4 Å². The maximum Gasteiger partial charge on any atom is 0.245 e. The molecule has 1 aliphatic heterocycles. The van der Waals surface area contributed by atoms with Crippen LogP contribution in [0.4, 0.5) is 11.6 Å². The van der Waals surface area contributed by atoms with Gasteiger partial charge in [0.15, 0.2) is 11.0 Å². The molecule has 1 aliphatic rings. The fraction of sp³-hybridized carbons (Fsp3) is 0.333. The molecule has 0 atom stereocenters. The molecule has 0 radical (unpaired) electrons. The molecule has 3 rings (SSSR count). The molecule has 1 fully saturated rings. The fourth-order valence-electron chi connectivity index (χ4n) is 2.18. The lowest BCUT2D eigenvalue weighted by molar-refractivity contribution is 0.639. The van der Waals surface area contributed by atoms with Gasteiger partial charge in [-0.1, -0.05) is 17.7 Å². The molecule has 0 spiro atoms. The van der Waals surface area contributed by atoms with Crippen LogP contribution in [0.2, 0.25) is 10.4 Å². The summed E-state index contributed by atoms with van der Waals surface area (Å²) >= 11 is 11.8. The average molecular weight is 311 g/mol. The average Bonchev–Trinajstić information content (AvgIpc) is 2.51. The minimum absolute atomic E-state index is 0.108. The molecular weight excluding hydrogens is 299 g/mol. The summed E-state index contributed by atoms with van der Waals surface area (Å²) in [6.07, 6.45) is 1.80. The Morgan fingerprint density at radius 2 is 1.70 bits per heavy atom. The topological polar surface area (TPSA) is 58.0 Å². The fourth-order valence-corrected chi connectivity index (χ4v) is 2.49. The van der Waals surface area contributed by atoms with E-state index >= 15 is 0 Å². The number of aromatic nitrogens is 4. The van der Waals surface area contributed by atoms with Gasteiger partial charge in [-0.2, -0.15) is 4.98 Å². The van der Waals surface area contributed by atoms with E-state index in [2.05, 4.69) is 30.0 Å². The summed E-state index contributed by atoms with van der Waals surface area (Å²) in [6, 6.07) is 5.90. The van der Waals surface area contributed by atoms with Crippen LogP contribution in [-0.4, -0.2) is 46.3 Å². The SMILES string of the molecule is Clc1nnc(Cl)c(N2CCN(c3ccccn3)CC2)n1. The predicted molar refractivity (Wildman–Crippen MR) is 78.5 cm³/mol. The summed E-state index contributed by atoms with van der Waals surface area (Å²) in [5.41, 5.74) is 0. The molecule has 2 aromatic rings. The van der Waals surface area contributed by atoms with E-state index in [4.69, 9.17) is 23.2 Å². The lowest BCUT2D eigenvalue weighted by Crippen LogP contribution is -2.47. The number of pyridine rings is 1. The van der Waals surface area contributed by atoms with Gasteiger partial charge in [0.25, 0.3) is 0 Å². The Bertz CT molecular complexity index is 586. The van der Waals surface area contributed by atoms with E-state index in [1.807, 2.05) is 18.2 Å². The summed E-state index contributed by atoms with van der Waals surface area (Å²) in [7, 11) is 0. The molecule has 6 nitrogen and oxygen atoms in total. The van der Waals surface area contributed by atoms with Crippen molar-refractivity contribution in [3.8, 4) is 0 Å². The van der Waals surface area contributed by atoms with Crippen LogP contribution in [0.3, 0.4) is 0 Å². The minimum atomic E-state index is 0.108. The summed E-state index contributed by atoms with van der Waals surface area (Å²) in [5.74, 6) is 1.57. The van der Waals surface area contributed by atoms with Gasteiger partial charge in [-0.3, -0.25) is 0 Å². The Kier molecular flexibility index (Phi) is 3.84. The third kappa shape index (κ3) is 2.76. The molecule has 104 valence electrons. The first-order valence-electron chi connectivity index (χ1n) is 6.20. The van der Waals surface area contributed by atoms with Gasteiger partial charge in [0, 0.05) is 32.4 Å². The number of piperazine rings is 1. The molecule has 0 amide bonds. The van der Waals surface area contributed by atoms with E-state index in [9.17, 15) is 0 Å². The van der Waals surface area contributed by atoms with Crippen LogP contribution >= 0.6 is 23.2 Å². The van der Waals surface area contributed by atoms with E-state index in [1.54, 1.807) is 6.20 Å². The van der Waals surface area contributed by atoms with Crippen LogP contribution in [-0.2, 0) is 0 Å². The molecule has 0 aromatic carbocycles. The molecule has 1 saturated heterocycles. The molecule has 0 N–H and O–H groups in total. The monoisotopic (exact) mass is 310 g/mol. The number of halogens is 2. The maximum atomic E-state index is 6.02. The number of rotatable bonds is 2. The van der Waals surface area contributed by atoms with Gasteiger partial charge in [-0.25, -0.2) is 4.98 Å². The Hall–Kier alpha value is -1.66. The molecule has 0 aliphatic carbocycles. The van der Waals surface area contributed by atoms with Crippen molar-refractivity contribution in [2.24, 2.45) is 0 Å². The number of nitrogens with zero attached hydrogens (tertiary/aromatic N) is 6. The first kappa shape index (κ1) is 13.3. The van der Waals surface area contributed by atoms with Gasteiger partial charge in [0.1, 0.15) is 5.82 Å².